The molecule has 1 aliphatic rings. The van der Waals surface area contributed by atoms with E-state index in [0.717, 1.165) is 23.9 Å². The van der Waals surface area contributed by atoms with E-state index in [1.165, 1.54) is 11.1 Å². The van der Waals surface area contributed by atoms with Crippen LogP contribution in [0.3, 0.4) is 0 Å². The lowest BCUT2D eigenvalue weighted by Crippen LogP contribution is -2.14. The Balaban J connectivity index is 2.00. The molecule has 19 heavy (non-hydrogen) atoms. The topological polar surface area (TPSA) is 54.9 Å². The summed E-state index contributed by atoms with van der Waals surface area (Å²) in [5, 5.41) is 3.91. The Morgan fingerprint density at radius 1 is 1.16 bits per heavy atom. The fraction of sp³-hybridized carbons (Fsp3) is 0.400. The number of carbonyl (C=O) groups excluding carboxylic acids is 1. The van der Waals surface area contributed by atoms with Crippen molar-refractivity contribution in [3.8, 4) is 0 Å². The molecule has 2 heterocycles. The number of rotatable bonds is 2. The van der Waals surface area contributed by atoms with Crippen molar-refractivity contribution in [1.82, 2.24) is 9.97 Å². The van der Waals surface area contributed by atoms with Gasteiger partial charge in [-0.2, -0.15) is 0 Å². The Labute approximate surface area is 112 Å². The number of nitrogens with one attached hydrogen (secondary N) is 1. The van der Waals surface area contributed by atoms with E-state index < -0.39 is 0 Å². The summed E-state index contributed by atoms with van der Waals surface area (Å²) in [7, 11) is 0. The first-order chi connectivity index (χ1) is 9.06. The lowest BCUT2D eigenvalue weighted by Gasteiger charge is -2.09. The van der Waals surface area contributed by atoms with Gasteiger partial charge in [-0.15, -0.1) is 0 Å². The van der Waals surface area contributed by atoms with Crippen molar-refractivity contribution >= 4 is 22.8 Å². The molecular weight excluding hydrogens is 238 g/mol. The Morgan fingerprint density at radius 3 is 2.58 bits per heavy atom. The highest BCUT2D eigenvalue weighted by molar-refractivity contribution is 5.94. The average Bonchev–Trinajstić information content (AvgIpc) is 3.20. The van der Waals surface area contributed by atoms with Gasteiger partial charge in [0.25, 0.3) is 0 Å². The average molecular weight is 255 g/mol. The highest BCUT2D eigenvalue weighted by Gasteiger charge is 2.29. The SMILES string of the molecule is Cc1nc2nc(NC(=O)C3CC3)ccc2c(C)c1C. The highest BCUT2D eigenvalue weighted by Crippen LogP contribution is 2.30. The molecule has 0 aromatic carbocycles. The van der Waals surface area contributed by atoms with Crippen LogP contribution in [0, 0.1) is 26.7 Å². The van der Waals surface area contributed by atoms with Crippen molar-refractivity contribution < 1.29 is 4.79 Å². The van der Waals surface area contributed by atoms with E-state index in [0.29, 0.717) is 11.5 Å². The third-order valence-electron chi connectivity index (χ3n) is 3.86. The minimum absolute atomic E-state index is 0.0763. The molecular formula is C15H17N3O. The van der Waals surface area contributed by atoms with Crippen LogP contribution in [0.1, 0.15) is 29.7 Å². The summed E-state index contributed by atoms with van der Waals surface area (Å²) in [6.07, 6.45) is 1.99. The van der Waals surface area contributed by atoms with Crippen LogP contribution in [0.25, 0.3) is 11.0 Å². The van der Waals surface area contributed by atoms with E-state index in [2.05, 4.69) is 29.1 Å². The normalized spacial score (nSPS) is 14.7. The maximum atomic E-state index is 11.7. The van der Waals surface area contributed by atoms with Gasteiger partial charge in [0.1, 0.15) is 5.82 Å². The summed E-state index contributed by atoms with van der Waals surface area (Å²) >= 11 is 0. The maximum Gasteiger partial charge on any atom is 0.228 e. The summed E-state index contributed by atoms with van der Waals surface area (Å²) in [6.45, 7) is 6.13. The largest absolute Gasteiger partial charge is 0.310 e. The van der Waals surface area contributed by atoms with Gasteiger partial charge in [-0.3, -0.25) is 4.79 Å². The fourth-order valence-electron chi connectivity index (χ4n) is 2.19. The first-order valence-electron chi connectivity index (χ1n) is 6.61. The predicted molar refractivity (Wildman–Crippen MR) is 75.1 cm³/mol. The molecule has 2 aromatic rings. The van der Waals surface area contributed by atoms with Crippen molar-refractivity contribution in [2.24, 2.45) is 5.92 Å². The van der Waals surface area contributed by atoms with Gasteiger partial charge in [-0.1, -0.05) is 0 Å². The summed E-state index contributed by atoms with van der Waals surface area (Å²) < 4.78 is 0. The van der Waals surface area contributed by atoms with E-state index >= 15 is 0 Å². The molecule has 98 valence electrons. The summed E-state index contributed by atoms with van der Waals surface area (Å²) in [4.78, 5) is 20.7. The fourth-order valence-corrected chi connectivity index (χ4v) is 2.19. The Bertz CT molecular complexity index is 675. The number of pyridine rings is 2. The van der Waals surface area contributed by atoms with Crippen LogP contribution >= 0.6 is 0 Å². The Kier molecular flexibility index (Phi) is 2.73. The van der Waals surface area contributed by atoms with Gasteiger partial charge in [-0.25, -0.2) is 9.97 Å². The van der Waals surface area contributed by atoms with Gasteiger partial charge >= 0.3 is 0 Å². The number of fused-ring (bicyclic) bond motifs is 1. The monoisotopic (exact) mass is 255 g/mol. The lowest BCUT2D eigenvalue weighted by molar-refractivity contribution is -0.117. The lowest BCUT2D eigenvalue weighted by atomic mass is 10.1. The Morgan fingerprint density at radius 2 is 1.89 bits per heavy atom. The molecule has 4 nitrogen and oxygen atoms in total. The molecule has 1 amide bonds. The van der Waals surface area contributed by atoms with Gasteiger partial charge in [-0.05, 0) is 56.9 Å². The van der Waals surface area contributed by atoms with E-state index in [1.54, 1.807) is 0 Å². The minimum atomic E-state index is 0.0763. The molecule has 1 N–H and O–H groups in total. The second kappa shape index (κ2) is 4.30. The van der Waals surface area contributed by atoms with Crippen LogP contribution in [0.15, 0.2) is 12.1 Å². The zero-order chi connectivity index (χ0) is 13.6. The predicted octanol–water partition coefficient (Wildman–Crippen LogP) is 2.90. The zero-order valence-electron chi connectivity index (χ0n) is 11.4. The molecule has 0 bridgehead atoms. The van der Waals surface area contributed by atoms with Crippen molar-refractivity contribution in [2.75, 3.05) is 5.32 Å². The van der Waals surface area contributed by atoms with Crippen LogP contribution < -0.4 is 5.32 Å². The molecule has 0 atom stereocenters. The first-order valence-corrected chi connectivity index (χ1v) is 6.61. The summed E-state index contributed by atoms with van der Waals surface area (Å²) in [5.74, 6) is 0.860. The van der Waals surface area contributed by atoms with Crippen LogP contribution in [-0.2, 0) is 4.79 Å². The standard InChI is InChI=1S/C15H17N3O/c1-8-9(2)12-6-7-13(17-14(12)16-10(8)3)18-15(19)11-4-5-11/h6-7,11H,4-5H2,1-3H3,(H,16,17,18,19). The highest BCUT2D eigenvalue weighted by atomic mass is 16.2. The second-order valence-electron chi connectivity index (χ2n) is 5.28. The molecule has 0 spiro atoms. The van der Waals surface area contributed by atoms with E-state index in [-0.39, 0.29) is 11.8 Å². The number of amides is 1. The number of hydrogen-bond acceptors (Lipinski definition) is 3. The smallest absolute Gasteiger partial charge is 0.228 e. The summed E-state index contributed by atoms with van der Waals surface area (Å²) in [6, 6.07) is 3.84. The zero-order valence-corrected chi connectivity index (χ0v) is 11.4. The van der Waals surface area contributed by atoms with E-state index in [9.17, 15) is 4.79 Å². The molecule has 0 radical (unpaired) electrons. The van der Waals surface area contributed by atoms with Gasteiger partial charge < -0.3 is 5.32 Å². The number of nitrogens with zero attached hydrogens (tertiary/aromatic N) is 2. The van der Waals surface area contributed by atoms with Crippen LogP contribution in [-0.4, -0.2) is 15.9 Å². The van der Waals surface area contributed by atoms with Crippen LogP contribution in [0.4, 0.5) is 5.82 Å². The molecule has 3 rings (SSSR count). The molecule has 0 unspecified atom stereocenters. The molecule has 0 saturated heterocycles. The van der Waals surface area contributed by atoms with Crippen molar-refractivity contribution in [3.63, 3.8) is 0 Å². The first kappa shape index (κ1) is 12.1. The number of aromatic nitrogens is 2. The minimum Gasteiger partial charge on any atom is -0.310 e. The van der Waals surface area contributed by atoms with Gasteiger partial charge in [0.2, 0.25) is 5.91 Å². The van der Waals surface area contributed by atoms with Gasteiger partial charge in [0.15, 0.2) is 5.65 Å². The number of carbonyl (C=O) groups is 1. The number of aryl methyl sites for hydroxylation is 2. The third-order valence-corrected chi connectivity index (χ3v) is 3.86. The van der Waals surface area contributed by atoms with Crippen molar-refractivity contribution in [3.05, 3.63) is 29.0 Å². The molecule has 0 aliphatic heterocycles. The third kappa shape index (κ3) is 2.18. The van der Waals surface area contributed by atoms with Crippen LogP contribution in [0.2, 0.25) is 0 Å². The summed E-state index contributed by atoms with van der Waals surface area (Å²) in [5.41, 5.74) is 4.09. The number of anilines is 1. The van der Waals surface area contributed by atoms with Gasteiger partial charge in [0.05, 0.1) is 0 Å². The van der Waals surface area contributed by atoms with Crippen LogP contribution in [0.5, 0.6) is 0 Å². The number of hydrogen-bond donors (Lipinski definition) is 1. The second-order valence-corrected chi connectivity index (χ2v) is 5.28. The molecule has 1 saturated carbocycles. The van der Waals surface area contributed by atoms with E-state index in [1.807, 2.05) is 19.1 Å². The molecule has 2 aromatic heterocycles. The van der Waals surface area contributed by atoms with Gasteiger partial charge in [0, 0.05) is 17.0 Å². The maximum absolute atomic E-state index is 11.7. The van der Waals surface area contributed by atoms with Crippen molar-refractivity contribution in [1.29, 1.82) is 0 Å². The van der Waals surface area contributed by atoms with Crippen molar-refractivity contribution in [2.45, 2.75) is 33.6 Å². The molecule has 1 aliphatic carbocycles. The van der Waals surface area contributed by atoms with E-state index in [4.69, 9.17) is 0 Å². The Hall–Kier alpha value is -1.97. The molecule has 1 fully saturated rings. The quantitative estimate of drug-likeness (QED) is 0.897. The molecule has 4 heteroatoms.